The van der Waals surface area contributed by atoms with Crippen LogP contribution in [0.25, 0.3) is 16.7 Å². The fourth-order valence-electron chi connectivity index (χ4n) is 2.90. The zero-order valence-corrected chi connectivity index (χ0v) is 14.6. The van der Waals surface area contributed by atoms with Crippen molar-refractivity contribution in [3.05, 3.63) is 72.7 Å². The van der Waals surface area contributed by atoms with Crippen molar-refractivity contribution < 1.29 is 4.74 Å². The number of ether oxygens (including phenoxy) is 1. The van der Waals surface area contributed by atoms with Gasteiger partial charge >= 0.3 is 0 Å². The molecule has 0 radical (unpaired) electrons. The lowest BCUT2D eigenvalue weighted by Gasteiger charge is -2.15. The van der Waals surface area contributed by atoms with Crippen molar-refractivity contribution in [1.29, 1.82) is 0 Å². The average Bonchev–Trinajstić information content (AvgIpc) is 3.14. The molecule has 130 valence electrons. The van der Waals surface area contributed by atoms with Crippen LogP contribution in [0.2, 0.25) is 0 Å². The van der Waals surface area contributed by atoms with Crippen LogP contribution in [-0.4, -0.2) is 26.9 Å². The minimum Gasteiger partial charge on any atom is -0.497 e. The fourth-order valence-corrected chi connectivity index (χ4v) is 2.90. The van der Waals surface area contributed by atoms with Crippen LogP contribution in [0, 0.1) is 0 Å². The molecule has 26 heavy (non-hydrogen) atoms. The van der Waals surface area contributed by atoms with E-state index < -0.39 is 0 Å². The lowest BCUT2D eigenvalue weighted by molar-refractivity contribution is 0.414. The van der Waals surface area contributed by atoms with E-state index in [1.54, 1.807) is 24.3 Å². The van der Waals surface area contributed by atoms with Crippen molar-refractivity contribution >= 4 is 16.9 Å². The first-order valence-electron chi connectivity index (χ1n) is 8.41. The quantitative estimate of drug-likeness (QED) is 0.592. The summed E-state index contributed by atoms with van der Waals surface area (Å²) in [5.74, 6) is 1.57. The Morgan fingerprint density at radius 2 is 1.77 bits per heavy atom. The third kappa shape index (κ3) is 2.97. The van der Waals surface area contributed by atoms with Gasteiger partial charge in [0.1, 0.15) is 17.9 Å². The van der Waals surface area contributed by atoms with Crippen LogP contribution in [0.15, 0.2) is 67.1 Å². The van der Waals surface area contributed by atoms with Gasteiger partial charge in [0.25, 0.3) is 0 Å². The molecule has 0 bridgehead atoms. The number of hydrogen-bond donors (Lipinski definition) is 1. The average molecular weight is 345 g/mol. The summed E-state index contributed by atoms with van der Waals surface area (Å²) in [6.07, 6.45) is 3.35. The minimum atomic E-state index is 0.124. The number of nitrogens with zero attached hydrogens (tertiary/aromatic N) is 4. The maximum absolute atomic E-state index is 5.21. The Labute approximate surface area is 151 Å². The maximum atomic E-state index is 5.21. The van der Waals surface area contributed by atoms with Gasteiger partial charge in [0.05, 0.1) is 24.4 Å². The summed E-state index contributed by atoms with van der Waals surface area (Å²) in [7, 11) is 1.65. The van der Waals surface area contributed by atoms with Gasteiger partial charge in [-0.2, -0.15) is 5.10 Å². The predicted molar refractivity (Wildman–Crippen MR) is 102 cm³/mol. The Morgan fingerprint density at radius 3 is 2.50 bits per heavy atom. The van der Waals surface area contributed by atoms with Crippen molar-refractivity contribution in [2.24, 2.45) is 0 Å². The number of fused-ring (bicyclic) bond motifs is 1. The molecule has 2 aromatic carbocycles. The number of anilines is 1. The van der Waals surface area contributed by atoms with E-state index in [0.717, 1.165) is 28.3 Å². The van der Waals surface area contributed by atoms with Gasteiger partial charge in [-0.3, -0.25) is 0 Å². The highest BCUT2D eigenvalue weighted by Crippen LogP contribution is 2.25. The lowest BCUT2D eigenvalue weighted by atomic mass is 10.1. The molecule has 6 heteroatoms. The number of aromatic nitrogens is 4. The molecule has 1 atom stereocenters. The van der Waals surface area contributed by atoms with Gasteiger partial charge < -0.3 is 10.1 Å². The second-order valence-electron chi connectivity index (χ2n) is 5.99. The monoisotopic (exact) mass is 345 g/mol. The summed E-state index contributed by atoms with van der Waals surface area (Å²) < 4.78 is 7.01. The number of benzene rings is 2. The van der Waals surface area contributed by atoms with Crippen LogP contribution in [0.5, 0.6) is 5.75 Å². The highest BCUT2D eigenvalue weighted by atomic mass is 16.5. The summed E-state index contributed by atoms with van der Waals surface area (Å²) in [5, 5.41) is 8.84. The summed E-state index contributed by atoms with van der Waals surface area (Å²) in [6, 6.07) is 18.1. The predicted octanol–water partition coefficient (Wildman–Crippen LogP) is 4.00. The molecule has 0 amide bonds. The normalized spacial score (nSPS) is 12.1. The second-order valence-corrected chi connectivity index (χ2v) is 5.99. The minimum absolute atomic E-state index is 0.124. The van der Waals surface area contributed by atoms with E-state index in [-0.39, 0.29) is 6.04 Å². The van der Waals surface area contributed by atoms with Crippen molar-refractivity contribution in [3.8, 4) is 11.4 Å². The molecule has 0 aliphatic heterocycles. The molecule has 4 aromatic rings. The molecule has 6 nitrogen and oxygen atoms in total. The molecule has 2 heterocycles. The van der Waals surface area contributed by atoms with E-state index in [1.807, 2.05) is 42.5 Å². The number of rotatable bonds is 5. The van der Waals surface area contributed by atoms with Crippen molar-refractivity contribution in [1.82, 2.24) is 19.7 Å². The molecule has 0 aliphatic rings. The fraction of sp³-hybridized carbons (Fsp3) is 0.150. The van der Waals surface area contributed by atoms with Crippen LogP contribution >= 0.6 is 0 Å². The van der Waals surface area contributed by atoms with E-state index >= 15 is 0 Å². The van der Waals surface area contributed by atoms with Crippen LogP contribution in [0.1, 0.15) is 18.5 Å². The van der Waals surface area contributed by atoms with E-state index in [0.29, 0.717) is 0 Å². The van der Waals surface area contributed by atoms with Crippen molar-refractivity contribution in [3.63, 3.8) is 0 Å². The van der Waals surface area contributed by atoms with Crippen LogP contribution in [0.3, 0.4) is 0 Å². The molecule has 0 aliphatic carbocycles. The first-order chi connectivity index (χ1) is 12.8. The molecule has 4 rings (SSSR count). The van der Waals surface area contributed by atoms with E-state index in [9.17, 15) is 0 Å². The van der Waals surface area contributed by atoms with Gasteiger partial charge in [0.2, 0.25) is 0 Å². The molecule has 0 fully saturated rings. The third-order valence-electron chi connectivity index (χ3n) is 4.34. The van der Waals surface area contributed by atoms with Crippen molar-refractivity contribution in [2.45, 2.75) is 13.0 Å². The second kappa shape index (κ2) is 6.84. The molecule has 0 saturated heterocycles. The van der Waals surface area contributed by atoms with Gasteiger partial charge in [0, 0.05) is 6.04 Å². The molecule has 1 N–H and O–H groups in total. The Bertz CT molecular complexity index is 1010. The van der Waals surface area contributed by atoms with Gasteiger partial charge in [0.15, 0.2) is 5.65 Å². The van der Waals surface area contributed by atoms with Crippen LogP contribution < -0.4 is 10.1 Å². The van der Waals surface area contributed by atoms with E-state index in [2.05, 4.69) is 39.4 Å². The smallest absolute Gasteiger partial charge is 0.168 e. The molecular formula is C20H19N5O. The maximum Gasteiger partial charge on any atom is 0.168 e. The zero-order chi connectivity index (χ0) is 17.9. The number of hydrogen-bond acceptors (Lipinski definition) is 5. The Hall–Kier alpha value is -3.41. The lowest BCUT2D eigenvalue weighted by Crippen LogP contribution is -2.08. The van der Waals surface area contributed by atoms with Crippen LogP contribution in [-0.2, 0) is 0 Å². The van der Waals surface area contributed by atoms with Gasteiger partial charge in [-0.05, 0) is 36.8 Å². The Morgan fingerprint density at radius 1 is 1.00 bits per heavy atom. The van der Waals surface area contributed by atoms with E-state index in [4.69, 9.17) is 4.74 Å². The highest BCUT2D eigenvalue weighted by molar-refractivity contribution is 5.87. The Balaban J connectivity index is 1.68. The summed E-state index contributed by atoms with van der Waals surface area (Å²) in [6.45, 7) is 2.11. The Kier molecular flexibility index (Phi) is 4.23. The summed E-state index contributed by atoms with van der Waals surface area (Å²) >= 11 is 0. The zero-order valence-electron chi connectivity index (χ0n) is 14.6. The molecular weight excluding hydrogens is 326 g/mol. The molecule has 0 saturated carbocycles. The van der Waals surface area contributed by atoms with E-state index in [1.165, 1.54) is 5.56 Å². The highest BCUT2D eigenvalue weighted by Gasteiger charge is 2.13. The third-order valence-corrected chi connectivity index (χ3v) is 4.34. The largest absolute Gasteiger partial charge is 0.497 e. The standard InChI is InChI=1S/C20H19N5O/c1-14(15-6-4-3-5-7-15)24-19-18-12-23-25(20(18)22-13-21-19)16-8-10-17(26-2)11-9-16/h3-14H,1-2H3,(H,21,22,24)/t14-/m1/s1. The van der Waals surface area contributed by atoms with Crippen LogP contribution in [0.4, 0.5) is 5.82 Å². The van der Waals surface area contributed by atoms with Crippen molar-refractivity contribution in [2.75, 3.05) is 12.4 Å². The summed E-state index contributed by atoms with van der Waals surface area (Å²) in [5.41, 5.74) is 2.87. The number of methoxy groups -OCH3 is 1. The molecule has 0 unspecified atom stereocenters. The first kappa shape index (κ1) is 16.1. The van der Waals surface area contributed by atoms with Gasteiger partial charge in [-0.25, -0.2) is 14.6 Å². The topological polar surface area (TPSA) is 64.9 Å². The SMILES string of the molecule is COc1ccc(-n2ncc3c(N[C@H](C)c4ccccc4)ncnc32)cc1. The summed E-state index contributed by atoms with van der Waals surface area (Å²) in [4.78, 5) is 8.83. The molecule has 0 spiro atoms. The first-order valence-corrected chi connectivity index (χ1v) is 8.41. The number of nitrogens with one attached hydrogen (secondary N) is 1. The molecule has 2 aromatic heterocycles. The van der Waals surface area contributed by atoms with Gasteiger partial charge in [-0.15, -0.1) is 0 Å². The van der Waals surface area contributed by atoms with Gasteiger partial charge in [-0.1, -0.05) is 30.3 Å².